The maximum absolute atomic E-state index is 2.50. The van der Waals surface area contributed by atoms with Gasteiger partial charge in [0.15, 0.2) is 0 Å². The molecule has 6 saturated heterocycles. The Morgan fingerprint density at radius 1 is 0.421 bits per heavy atom. The van der Waals surface area contributed by atoms with E-state index in [1.807, 2.05) is 0 Å². The van der Waals surface area contributed by atoms with Crippen molar-refractivity contribution in [3.63, 3.8) is 0 Å². The standard InChI is InChI=1S/C34H62N4/c1-3-5-6-7-8-9-10-11-12-13-18-36-22-28-38(29-23-36,30-24-36)32-34-16-14-33(15-17-34)31-37-25-19-35(4-2,20-26-37)21-27-37/h14-17H,3-13,18-32H2,1-2H3/q+4. The summed E-state index contributed by atoms with van der Waals surface area (Å²) in [6.45, 7) is 27.0. The third kappa shape index (κ3) is 6.85. The molecule has 1 aromatic rings. The van der Waals surface area contributed by atoms with Gasteiger partial charge in [-0.2, -0.15) is 0 Å². The van der Waals surface area contributed by atoms with Crippen molar-refractivity contribution >= 4 is 0 Å². The molecule has 4 heteroatoms. The number of rotatable bonds is 16. The maximum atomic E-state index is 2.50. The normalized spacial score (nSPS) is 34.2. The molecule has 1 aromatic carbocycles. The van der Waals surface area contributed by atoms with Gasteiger partial charge in [0.1, 0.15) is 91.6 Å². The van der Waals surface area contributed by atoms with Gasteiger partial charge in [0.2, 0.25) is 0 Å². The molecular formula is C34H62N4+4. The van der Waals surface area contributed by atoms with Crippen molar-refractivity contribution in [1.29, 1.82) is 0 Å². The third-order valence-electron chi connectivity index (χ3n) is 12.0. The summed E-state index contributed by atoms with van der Waals surface area (Å²) in [4.78, 5) is 0. The lowest BCUT2D eigenvalue weighted by Crippen LogP contribution is -2.74. The van der Waals surface area contributed by atoms with E-state index in [0.717, 1.165) is 0 Å². The number of quaternary nitrogens is 4. The number of hydrogen-bond donors (Lipinski definition) is 0. The maximum Gasteiger partial charge on any atom is 0.129 e. The van der Waals surface area contributed by atoms with Gasteiger partial charge in [-0.1, -0.05) is 82.6 Å². The minimum absolute atomic E-state index is 1.27. The molecule has 0 spiro atoms. The summed E-state index contributed by atoms with van der Waals surface area (Å²) in [6.07, 6.45) is 14.6. The third-order valence-corrected chi connectivity index (χ3v) is 12.0. The summed E-state index contributed by atoms with van der Waals surface area (Å²) in [5.74, 6) is 0. The molecule has 4 bridgehead atoms. The van der Waals surface area contributed by atoms with Crippen LogP contribution in [-0.4, -0.2) is 110 Å². The molecule has 4 nitrogen and oxygen atoms in total. The van der Waals surface area contributed by atoms with Gasteiger partial charge in [-0.25, -0.2) is 0 Å². The molecule has 6 fully saturated rings. The number of benzene rings is 1. The minimum atomic E-state index is 1.27. The Morgan fingerprint density at radius 3 is 1.16 bits per heavy atom. The zero-order chi connectivity index (χ0) is 26.4. The second kappa shape index (κ2) is 12.7. The topological polar surface area (TPSA) is 0 Å². The first kappa shape index (κ1) is 28.6. The molecule has 214 valence electrons. The number of nitrogens with zero attached hydrogens (tertiary/aromatic N) is 4. The molecule has 0 aromatic heterocycles. The smallest absolute Gasteiger partial charge is 0.129 e. The van der Waals surface area contributed by atoms with E-state index in [-0.39, 0.29) is 0 Å². The van der Waals surface area contributed by atoms with Crippen LogP contribution < -0.4 is 0 Å². The van der Waals surface area contributed by atoms with E-state index in [9.17, 15) is 0 Å². The van der Waals surface area contributed by atoms with Gasteiger partial charge in [-0.05, 0) is 19.8 Å². The van der Waals surface area contributed by atoms with Gasteiger partial charge in [0.05, 0.1) is 13.1 Å². The van der Waals surface area contributed by atoms with Gasteiger partial charge >= 0.3 is 0 Å². The zero-order valence-corrected chi connectivity index (χ0v) is 25.5. The lowest BCUT2D eigenvalue weighted by molar-refractivity contribution is -1.09. The summed E-state index contributed by atoms with van der Waals surface area (Å²) in [7, 11) is 0. The van der Waals surface area contributed by atoms with Crippen LogP contribution in [0, 0.1) is 0 Å². The highest BCUT2D eigenvalue weighted by Gasteiger charge is 2.49. The first-order valence-electron chi connectivity index (χ1n) is 17.0. The van der Waals surface area contributed by atoms with E-state index in [1.165, 1.54) is 187 Å². The Morgan fingerprint density at radius 2 is 0.763 bits per heavy atom. The molecule has 7 rings (SSSR count). The first-order valence-corrected chi connectivity index (χ1v) is 17.0. The molecule has 0 N–H and O–H groups in total. The zero-order valence-electron chi connectivity index (χ0n) is 25.5. The van der Waals surface area contributed by atoms with Crippen molar-refractivity contribution in [2.75, 3.05) is 91.6 Å². The molecule has 0 aliphatic carbocycles. The fourth-order valence-electron chi connectivity index (χ4n) is 8.63. The number of piperazine rings is 6. The minimum Gasteiger partial charge on any atom is -0.310 e. The van der Waals surface area contributed by atoms with Crippen LogP contribution in [0.2, 0.25) is 0 Å². The summed E-state index contributed by atoms with van der Waals surface area (Å²) >= 11 is 0. The molecule has 6 aliphatic heterocycles. The van der Waals surface area contributed by atoms with Crippen molar-refractivity contribution in [3.05, 3.63) is 35.4 Å². The predicted molar refractivity (Wildman–Crippen MR) is 161 cm³/mol. The van der Waals surface area contributed by atoms with Crippen LogP contribution in [-0.2, 0) is 13.1 Å². The van der Waals surface area contributed by atoms with Gasteiger partial charge in [0, 0.05) is 11.1 Å². The van der Waals surface area contributed by atoms with Crippen molar-refractivity contribution in [1.82, 2.24) is 0 Å². The summed E-state index contributed by atoms with van der Waals surface area (Å²) < 4.78 is 5.58. The highest BCUT2D eigenvalue weighted by molar-refractivity contribution is 5.21. The molecule has 0 unspecified atom stereocenters. The Bertz CT molecular complexity index is 813. The van der Waals surface area contributed by atoms with Crippen LogP contribution in [0.25, 0.3) is 0 Å². The molecular weight excluding hydrogens is 464 g/mol. The van der Waals surface area contributed by atoms with Crippen LogP contribution in [0.5, 0.6) is 0 Å². The first-order chi connectivity index (χ1) is 18.5. The van der Waals surface area contributed by atoms with Crippen LogP contribution in [0.3, 0.4) is 0 Å². The largest absolute Gasteiger partial charge is 0.310 e. The Kier molecular flexibility index (Phi) is 9.56. The van der Waals surface area contributed by atoms with Gasteiger partial charge in [-0.3, -0.25) is 0 Å². The molecule has 38 heavy (non-hydrogen) atoms. The summed E-state index contributed by atoms with van der Waals surface area (Å²) in [5.41, 5.74) is 3.17. The highest BCUT2D eigenvalue weighted by Crippen LogP contribution is 2.31. The van der Waals surface area contributed by atoms with Crippen molar-refractivity contribution in [2.45, 2.75) is 91.1 Å². The highest BCUT2D eigenvalue weighted by atomic mass is 15.5. The van der Waals surface area contributed by atoms with Crippen LogP contribution in [0.4, 0.5) is 0 Å². The number of likely N-dealkylation sites (N-methyl/N-ethyl adjacent to an activating group) is 1. The van der Waals surface area contributed by atoms with Crippen molar-refractivity contribution in [2.24, 2.45) is 0 Å². The Balaban J connectivity index is 1.00. The van der Waals surface area contributed by atoms with Crippen molar-refractivity contribution in [3.8, 4) is 0 Å². The fraction of sp³-hybridized carbons (Fsp3) is 0.824. The van der Waals surface area contributed by atoms with Crippen molar-refractivity contribution < 1.29 is 17.9 Å². The lowest BCUT2D eigenvalue weighted by atomic mass is 10.0. The number of fused-ring (bicyclic) bond motifs is 6. The molecule has 6 heterocycles. The van der Waals surface area contributed by atoms with Gasteiger partial charge < -0.3 is 17.9 Å². The Labute approximate surface area is 236 Å². The van der Waals surface area contributed by atoms with Crippen LogP contribution >= 0.6 is 0 Å². The monoisotopic (exact) mass is 526 g/mol. The number of unbranched alkanes of at least 4 members (excludes halogenated alkanes) is 9. The SMILES string of the molecule is CCCCCCCCCCCC[N+]12CC[N+](Cc3ccc(C[N+]45CC[N+](CC)(CC4)CC5)cc3)(CC1)CC2. The van der Waals surface area contributed by atoms with Crippen LogP contribution in [0.15, 0.2) is 24.3 Å². The van der Waals surface area contributed by atoms with Gasteiger partial charge in [-0.15, -0.1) is 0 Å². The quantitative estimate of drug-likeness (QED) is 0.184. The summed E-state index contributed by atoms with van der Waals surface area (Å²) in [6, 6.07) is 9.97. The molecule has 0 amide bonds. The summed E-state index contributed by atoms with van der Waals surface area (Å²) in [5, 5.41) is 0. The van der Waals surface area contributed by atoms with E-state index in [1.54, 1.807) is 11.1 Å². The van der Waals surface area contributed by atoms with E-state index in [0.29, 0.717) is 0 Å². The average molecular weight is 527 g/mol. The molecule has 6 aliphatic rings. The number of hydrogen-bond acceptors (Lipinski definition) is 0. The second-order valence-electron chi connectivity index (χ2n) is 14.4. The lowest BCUT2D eigenvalue weighted by Gasteiger charge is -2.55. The van der Waals surface area contributed by atoms with E-state index >= 15 is 0 Å². The fourth-order valence-corrected chi connectivity index (χ4v) is 8.63. The average Bonchev–Trinajstić information content (AvgIpc) is 2.97. The molecule has 0 saturated carbocycles. The van der Waals surface area contributed by atoms with E-state index in [4.69, 9.17) is 0 Å². The molecule has 0 radical (unpaired) electrons. The molecule has 0 atom stereocenters. The Hall–Kier alpha value is -0.940. The van der Waals surface area contributed by atoms with E-state index in [2.05, 4.69) is 38.1 Å². The second-order valence-corrected chi connectivity index (χ2v) is 14.4. The van der Waals surface area contributed by atoms with E-state index < -0.39 is 0 Å². The van der Waals surface area contributed by atoms with Gasteiger partial charge in [0.25, 0.3) is 0 Å². The van der Waals surface area contributed by atoms with Crippen LogP contribution in [0.1, 0.15) is 89.2 Å². The predicted octanol–water partition coefficient (Wildman–Crippen LogP) is 5.95.